The third-order valence-corrected chi connectivity index (χ3v) is 3.52. The molecular weight excluding hydrogens is 332 g/mol. The van der Waals surface area contributed by atoms with Gasteiger partial charge in [0.15, 0.2) is 11.5 Å². The number of aromatic nitrogens is 2. The lowest BCUT2D eigenvalue weighted by atomic mass is 10.1. The Balaban J connectivity index is 1.94. The van der Waals surface area contributed by atoms with Crippen LogP contribution in [0.5, 0.6) is 11.5 Å². The molecule has 0 aliphatic carbocycles. The zero-order chi connectivity index (χ0) is 19.2. The number of hydrogen-bond donors (Lipinski definition) is 2. The van der Waals surface area contributed by atoms with Crippen LogP contribution in [-0.2, 0) is 6.42 Å². The number of carbonyl (C=O) groups is 1. The number of rotatable bonds is 7. The Bertz CT molecular complexity index is 757. The number of ether oxygens (including phenoxy) is 2. The van der Waals surface area contributed by atoms with Crippen LogP contribution in [0.1, 0.15) is 36.8 Å². The lowest BCUT2D eigenvalue weighted by molar-refractivity contribution is 0.0949. The quantitative estimate of drug-likeness (QED) is 0.791. The molecule has 1 amide bonds. The van der Waals surface area contributed by atoms with Gasteiger partial charge in [-0.2, -0.15) is 0 Å². The van der Waals surface area contributed by atoms with Crippen LogP contribution in [-0.4, -0.2) is 42.2 Å². The number of benzene rings is 1. The molecule has 0 spiro atoms. The molecule has 7 nitrogen and oxygen atoms in total. The fraction of sp³-hybridized carbons (Fsp3) is 0.421. The Morgan fingerprint density at radius 2 is 1.85 bits per heavy atom. The highest BCUT2D eigenvalue weighted by atomic mass is 16.5. The Kier molecular flexibility index (Phi) is 6.38. The van der Waals surface area contributed by atoms with Crippen molar-refractivity contribution in [2.75, 3.05) is 26.1 Å². The highest BCUT2D eigenvalue weighted by molar-refractivity contribution is 5.92. The molecule has 26 heavy (non-hydrogen) atoms. The Labute approximate surface area is 154 Å². The van der Waals surface area contributed by atoms with Crippen molar-refractivity contribution in [3.05, 3.63) is 41.7 Å². The molecule has 1 heterocycles. The summed E-state index contributed by atoms with van der Waals surface area (Å²) in [6, 6.07) is 7.30. The van der Waals surface area contributed by atoms with Gasteiger partial charge < -0.3 is 20.1 Å². The van der Waals surface area contributed by atoms with Crippen molar-refractivity contribution >= 4 is 11.9 Å². The summed E-state index contributed by atoms with van der Waals surface area (Å²) < 4.78 is 10.5. The summed E-state index contributed by atoms with van der Waals surface area (Å²) in [7, 11) is 3.20. The summed E-state index contributed by atoms with van der Waals surface area (Å²) in [5, 5.41) is 6.03. The van der Waals surface area contributed by atoms with Gasteiger partial charge in [0.05, 0.1) is 14.2 Å². The van der Waals surface area contributed by atoms with Gasteiger partial charge in [-0.1, -0.05) is 6.07 Å². The molecule has 0 saturated carbocycles. The first kappa shape index (κ1) is 19.5. The molecule has 0 unspecified atom stereocenters. The normalized spacial score (nSPS) is 11.0. The number of hydrogen-bond acceptors (Lipinski definition) is 6. The van der Waals surface area contributed by atoms with Gasteiger partial charge >= 0.3 is 0 Å². The van der Waals surface area contributed by atoms with Crippen molar-refractivity contribution in [3.63, 3.8) is 0 Å². The zero-order valence-corrected chi connectivity index (χ0v) is 15.9. The van der Waals surface area contributed by atoms with Gasteiger partial charge in [0, 0.05) is 18.3 Å². The molecule has 2 aromatic rings. The van der Waals surface area contributed by atoms with E-state index in [-0.39, 0.29) is 11.4 Å². The Hall–Kier alpha value is -2.83. The van der Waals surface area contributed by atoms with Crippen molar-refractivity contribution < 1.29 is 14.3 Å². The lowest BCUT2D eigenvalue weighted by Crippen LogP contribution is -2.29. The summed E-state index contributed by atoms with van der Waals surface area (Å²) in [6.45, 7) is 6.51. The summed E-state index contributed by atoms with van der Waals surface area (Å²) >= 11 is 0. The molecule has 0 fully saturated rings. The number of anilines is 1. The van der Waals surface area contributed by atoms with Crippen LogP contribution in [0.3, 0.4) is 0 Å². The second-order valence-electron chi connectivity index (χ2n) is 6.84. The van der Waals surface area contributed by atoms with E-state index >= 15 is 0 Å². The van der Waals surface area contributed by atoms with Crippen LogP contribution in [0, 0.1) is 0 Å². The van der Waals surface area contributed by atoms with Gasteiger partial charge in [0.2, 0.25) is 5.95 Å². The second-order valence-corrected chi connectivity index (χ2v) is 6.84. The fourth-order valence-corrected chi connectivity index (χ4v) is 2.33. The lowest BCUT2D eigenvalue weighted by Gasteiger charge is -2.20. The maximum absolute atomic E-state index is 12.3. The molecule has 1 aromatic carbocycles. The first-order valence-electron chi connectivity index (χ1n) is 8.43. The molecule has 0 radical (unpaired) electrons. The van der Waals surface area contributed by atoms with E-state index in [0.717, 1.165) is 5.56 Å². The van der Waals surface area contributed by atoms with Gasteiger partial charge in [-0.15, -0.1) is 0 Å². The van der Waals surface area contributed by atoms with Gasteiger partial charge in [-0.3, -0.25) is 4.79 Å². The summed E-state index contributed by atoms with van der Waals surface area (Å²) in [6.07, 6.45) is 2.24. The number of carbonyl (C=O) groups excluding carboxylic acids is 1. The third-order valence-electron chi connectivity index (χ3n) is 3.52. The minimum absolute atomic E-state index is 0.178. The topological polar surface area (TPSA) is 85.4 Å². The number of nitrogens with zero attached hydrogens (tertiary/aromatic N) is 2. The van der Waals surface area contributed by atoms with E-state index in [1.54, 1.807) is 26.5 Å². The van der Waals surface area contributed by atoms with Crippen LogP contribution in [0.4, 0.5) is 5.95 Å². The molecule has 1 aromatic heterocycles. The Morgan fingerprint density at radius 3 is 2.50 bits per heavy atom. The monoisotopic (exact) mass is 358 g/mol. The van der Waals surface area contributed by atoms with Crippen molar-refractivity contribution in [2.45, 2.75) is 32.7 Å². The van der Waals surface area contributed by atoms with Crippen LogP contribution in [0.25, 0.3) is 0 Å². The second kappa shape index (κ2) is 8.51. The predicted molar refractivity (Wildman–Crippen MR) is 101 cm³/mol. The van der Waals surface area contributed by atoms with Crippen molar-refractivity contribution in [2.24, 2.45) is 0 Å². The van der Waals surface area contributed by atoms with Crippen molar-refractivity contribution in [3.8, 4) is 11.5 Å². The van der Waals surface area contributed by atoms with Gasteiger partial charge in [0.1, 0.15) is 5.69 Å². The smallest absolute Gasteiger partial charge is 0.270 e. The first-order chi connectivity index (χ1) is 12.3. The van der Waals surface area contributed by atoms with E-state index in [1.807, 2.05) is 39.0 Å². The van der Waals surface area contributed by atoms with Gasteiger partial charge in [0.25, 0.3) is 5.91 Å². The standard InChI is InChI=1S/C19H26N4O3/c1-19(2,3)23-18-21-11-9-14(22-18)17(24)20-10-8-13-6-7-15(25-4)16(12-13)26-5/h6-7,9,11-12H,8,10H2,1-5H3,(H,20,24)(H,21,22,23). The Morgan fingerprint density at radius 1 is 1.12 bits per heavy atom. The average Bonchev–Trinajstić information content (AvgIpc) is 2.60. The molecule has 2 N–H and O–H groups in total. The maximum atomic E-state index is 12.3. The minimum atomic E-state index is -0.232. The summed E-state index contributed by atoms with van der Waals surface area (Å²) in [5.41, 5.74) is 1.20. The van der Waals surface area contributed by atoms with Gasteiger partial charge in [-0.05, 0) is 51.0 Å². The van der Waals surface area contributed by atoms with E-state index < -0.39 is 0 Å². The maximum Gasteiger partial charge on any atom is 0.270 e. The molecule has 140 valence electrons. The molecule has 2 rings (SSSR count). The highest BCUT2D eigenvalue weighted by Gasteiger charge is 2.13. The summed E-state index contributed by atoms with van der Waals surface area (Å²) in [5.74, 6) is 1.56. The highest BCUT2D eigenvalue weighted by Crippen LogP contribution is 2.27. The number of methoxy groups -OCH3 is 2. The third kappa shape index (κ3) is 5.61. The van der Waals surface area contributed by atoms with Crippen molar-refractivity contribution in [1.82, 2.24) is 15.3 Å². The van der Waals surface area contributed by atoms with Crippen molar-refractivity contribution in [1.29, 1.82) is 0 Å². The number of nitrogens with one attached hydrogen (secondary N) is 2. The van der Waals surface area contributed by atoms with E-state index in [4.69, 9.17) is 9.47 Å². The van der Waals surface area contributed by atoms with Crippen LogP contribution in [0.15, 0.2) is 30.5 Å². The van der Waals surface area contributed by atoms with E-state index in [0.29, 0.717) is 36.1 Å². The largest absolute Gasteiger partial charge is 0.493 e. The molecular formula is C19H26N4O3. The summed E-state index contributed by atoms with van der Waals surface area (Å²) in [4.78, 5) is 20.7. The van der Waals surface area contributed by atoms with E-state index in [9.17, 15) is 4.79 Å². The molecule has 0 saturated heterocycles. The number of amides is 1. The van der Waals surface area contributed by atoms with Crippen LogP contribution >= 0.6 is 0 Å². The first-order valence-corrected chi connectivity index (χ1v) is 8.43. The van der Waals surface area contributed by atoms with Gasteiger partial charge in [-0.25, -0.2) is 9.97 Å². The van der Waals surface area contributed by atoms with Crippen LogP contribution in [0.2, 0.25) is 0 Å². The molecule has 0 aliphatic rings. The molecule has 7 heteroatoms. The van der Waals surface area contributed by atoms with Crippen LogP contribution < -0.4 is 20.1 Å². The SMILES string of the molecule is COc1ccc(CCNC(=O)c2ccnc(NC(C)(C)C)n2)cc1OC. The molecule has 0 bridgehead atoms. The molecule has 0 aliphatic heterocycles. The fourth-order valence-electron chi connectivity index (χ4n) is 2.33. The minimum Gasteiger partial charge on any atom is -0.493 e. The van der Waals surface area contributed by atoms with E-state index in [1.165, 1.54) is 0 Å². The van der Waals surface area contributed by atoms with E-state index in [2.05, 4.69) is 20.6 Å². The predicted octanol–water partition coefficient (Wildman–Crippen LogP) is 2.68. The zero-order valence-electron chi connectivity index (χ0n) is 15.9. The molecule has 0 atom stereocenters. The average molecular weight is 358 g/mol.